The van der Waals surface area contributed by atoms with Gasteiger partial charge in [0, 0.05) is 11.4 Å². The minimum absolute atomic E-state index is 0.145. The smallest absolute Gasteiger partial charge is 0.266 e. The molecular weight excluding hydrogens is 425 g/mol. The number of hydrogen-bond donors (Lipinski definition) is 2. The molecule has 3 aromatic rings. The number of amides is 2. The van der Waals surface area contributed by atoms with Crippen LogP contribution in [0.15, 0.2) is 78.4 Å². The van der Waals surface area contributed by atoms with Gasteiger partial charge in [-0.1, -0.05) is 12.1 Å². The third-order valence-electron chi connectivity index (χ3n) is 4.38. The predicted molar refractivity (Wildman–Crippen MR) is 122 cm³/mol. The molecule has 0 atom stereocenters. The van der Waals surface area contributed by atoms with Crippen LogP contribution in [0.3, 0.4) is 0 Å². The van der Waals surface area contributed by atoms with Crippen LogP contribution < -0.4 is 20.1 Å². The Morgan fingerprint density at radius 3 is 2.30 bits per heavy atom. The number of anilines is 2. The average molecular weight is 445 g/mol. The molecule has 0 radical (unpaired) electrons. The second kappa shape index (κ2) is 11.1. The van der Waals surface area contributed by atoms with E-state index in [0.717, 1.165) is 0 Å². The summed E-state index contributed by atoms with van der Waals surface area (Å²) in [6.45, 7) is -0.227. The predicted octanol–water partition coefficient (Wildman–Crippen LogP) is 4.40. The maximum Gasteiger partial charge on any atom is 0.266 e. The Labute approximate surface area is 190 Å². The van der Waals surface area contributed by atoms with Crippen LogP contribution in [0.5, 0.6) is 11.5 Å². The minimum atomic E-state index is -0.630. The highest BCUT2D eigenvalue weighted by Gasteiger charge is 2.10. The highest BCUT2D eigenvalue weighted by molar-refractivity contribution is 6.09. The molecule has 0 bridgehead atoms. The standard InChI is InChI=1S/C25H20FN3O4/c1-32-22-11-9-20(10-12-22)28-24(30)16-33-23-4-2-3-17(14-23)13-18(15-27)25(31)29-21-7-5-19(26)6-8-21/h2-14H,16H2,1H3,(H,28,30)(H,29,31)/b18-13+. The lowest BCUT2D eigenvalue weighted by Crippen LogP contribution is -2.20. The zero-order valence-electron chi connectivity index (χ0n) is 17.7. The SMILES string of the molecule is COc1ccc(NC(=O)COc2cccc(/C=C(\C#N)C(=O)Nc3ccc(F)cc3)c2)cc1. The summed E-state index contributed by atoms with van der Waals surface area (Å²) >= 11 is 0. The molecule has 8 heteroatoms. The van der Waals surface area contributed by atoms with E-state index < -0.39 is 11.7 Å². The Morgan fingerprint density at radius 1 is 0.970 bits per heavy atom. The van der Waals surface area contributed by atoms with Crippen LogP contribution in [0.25, 0.3) is 6.08 Å². The molecule has 7 nitrogen and oxygen atoms in total. The van der Waals surface area contributed by atoms with Crippen LogP contribution in [0.2, 0.25) is 0 Å². The molecule has 0 saturated carbocycles. The average Bonchev–Trinajstić information content (AvgIpc) is 2.83. The van der Waals surface area contributed by atoms with E-state index in [1.165, 1.54) is 30.3 Å². The maximum atomic E-state index is 13.0. The lowest BCUT2D eigenvalue weighted by molar-refractivity contribution is -0.118. The van der Waals surface area contributed by atoms with Crippen molar-refractivity contribution in [3.05, 3.63) is 89.8 Å². The Balaban J connectivity index is 1.60. The van der Waals surface area contributed by atoms with Crippen molar-refractivity contribution in [2.75, 3.05) is 24.4 Å². The molecule has 3 aromatic carbocycles. The number of nitriles is 1. The third kappa shape index (κ3) is 6.94. The lowest BCUT2D eigenvalue weighted by atomic mass is 10.1. The molecule has 0 aliphatic heterocycles. The first-order valence-corrected chi connectivity index (χ1v) is 9.82. The molecule has 0 aromatic heterocycles. The second-order valence-electron chi connectivity index (χ2n) is 6.77. The normalized spacial score (nSPS) is 10.6. The topological polar surface area (TPSA) is 100 Å². The molecule has 0 aliphatic rings. The van der Waals surface area contributed by atoms with Crippen molar-refractivity contribution in [2.24, 2.45) is 0 Å². The maximum absolute atomic E-state index is 13.0. The zero-order valence-corrected chi connectivity index (χ0v) is 17.7. The fourth-order valence-electron chi connectivity index (χ4n) is 2.76. The summed E-state index contributed by atoms with van der Waals surface area (Å²) in [6.07, 6.45) is 1.39. The summed E-state index contributed by atoms with van der Waals surface area (Å²) in [5.41, 5.74) is 1.36. The Bertz CT molecular complexity index is 1200. The fourth-order valence-corrected chi connectivity index (χ4v) is 2.76. The number of nitrogens with zero attached hydrogens (tertiary/aromatic N) is 1. The van der Waals surface area contributed by atoms with Crippen molar-refractivity contribution in [1.29, 1.82) is 5.26 Å². The van der Waals surface area contributed by atoms with Gasteiger partial charge in [0.25, 0.3) is 11.8 Å². The van der Waals surface area contributed by atoms with Gasteiger partial charge in [0.05, 0.1) is 7.11 Å². The van der Waals surface area contributed by atoms with Crippen LogP contribution in [0, 0.1) is 17.1 Å². The molecule has 0 fully saturated rings. The molecule has 0 unspecified atom stereocenters. The van der Waals surface area contributed by atoms with Gasteiger partial charge in [0.15, 0.2) is 6.61 Å². The van der Waals surface area contributed by atoms with Crippen molar-refractivity contribution >= 4 is 29.3 Å². The summed E-state index contributed by atoms with van der Waals surface area (Å²) in [7, 11) is 1.56. The molecule has 166 valence electrons. The van der Waals surface area contributed by atoms with E-state index in [-0.39, 0.29) is 18.1 Å². The number of ether oxygens (including phenoxy) is 2. The number of rotatable bonds is 8. The molecule has 0 saturated heterocycles. The Kier molecular flexibility index (Phi) is 7.76. The number of hydrogen-bond acceptors (Lipinski definition) is 5. The molecular formula is C25H20FN3O4. The summed E-state index contributed by atoms with van der Waals surface area (Å²) < 4.78 is 23.6. The van der Waals surface area contributed by atoms with E-state index in [4.69, 9.17) is 9.47 Å². The van der Waals surface area contributed by atoms with Gasteiger partial charge in [-0.3, -0.25) is 9.59 Å². The summed E-state index contributed by atoms with van der Waals surface area (Å²) in [4.78, 5) is 24.5. The van der Waals surface area contributed by atoms with Gasteiger partial charge in [-0.2, -0.15) is 5.26 Å². The molecule has 3 rings (SSSR count). The highest BCUT2D eigenvalue weighted by Crippen LogP contribution is 2.18. The van der Waals surface area contributed by atoms with Gasteiger partial charge >= 0.3 is 0 Å². The molecule has 0 aliphatic carbocycles. The largest absolute Gasteiger partial charge is 0.497 e. The molecule has 0 heterocycles. The molecule has 0 spiro atoms. The lowest BCUT2D eigenvalue weighted by Gasteiger charge is -2.09. The van der Waals surface area contributed by atoms with Crippen LogP contribution in [0.4, 0.5) is 15.8 Å². The van der Waals surface area contributed by atoms with Crippen molar-refractivity contribution in [2.45, 2.75) is 0 Å². The van der Waals surface area contributed by atoms with Crippen LogP contribution in [0.1, 0.15) is 5.56 Å². The van der Waals surface area contributed by atoms with Crippen molar-refractivity contribution in [1.82, 2.24) is 0 Å². The van der Waals surface area contributed by atoms with Crippen LogP contribution in [-0.4, -0.2) is 25.5 Å². The minimum Gasteiger partial charge on any atom is -0.497 e. The van der Waals surface area contributed by atoms with Gasteiger partial charge in [0.1, 0.15) is 29.0 Å². The number of benzene rings is 3. The van der Waals surface area contributed by atoms with Gasteiger partial charge in [0.2, 0.25) is 0 Å². The Morgan fingerprint density at radius 2 is 1.64 bits per heavy atom. The number of carbonyl (C=O) groups is 2. The first-order valence-electron chi connectivity index (χ1n) is 9.82. The van der Waals surface area contributed by atoms with E-state index in [9.17, 15) is 19.2 Å². The van der Waals surface area contributed by atoms with E-state index in [2.05, 4.69) is 10.6 Å². The van der Waals surface area contributed by atoms with Crippen LogP contribution in [-0.2, 0) is 9.59 Å². The van der Waals surface area contributed by atoms with E-state index >= 15 is 0 Å². The number of methoxy groups -OCH3 is 1. The monoisotopic (exact) mass is 445 g/mol. The van der Waals surface area contributed by atoms with Gasteiger partial charge in [-0.25, -0.2) is 4.39 Å². The molecule has 33 heavy (non-hydrogen) atoms. The summed E-state index contributed by atoms with van der Waals surface area (Å²) in [5, 5.41) is 14.6. The molecule has 2 amide bonds. The summed E-state index contributed by atoms with van der Waals surface area (Å²) in [5.74, 6) is -0.340. The second-order valence-corrected chi connectivity index (χ2v) is 6.77. The fraction of sp³-hybridized carbons (Fsp3) is 0.0800. The first-order chi connectivity index (χ1) is 16.0. The van der Waals surface area contributed by atoms with Crippen molar-refractivity contribution in [3.63, 3.8) is 0 Å². The van der Waals surface area contributed by atoms with E-state index in [1.54, 1.807) is 55.6 Å². The van der Waals surface area contributed by atoms with Crippen LogP contribution >= 0.6 is 0 Å². The third-order valence-corrected chi connectivity index (χ3v) is 4.38. The first kappa shape index (κ1) is 23.0. The highest BCUT2D eigenvalue weighted by atomic mass is 19.1. The quantitative estimate of drug-likeness (QED) is 0.395. The Hall–Kier alpha value is -4.64. The number of halogens is 1. The zero-order chi connectivity index (χ0) is 23.6. The summed E-state index contributed by atoms with van der Waals surface area (Å²) in [6, 6.07) is 20.5. The van der Waals surface area contributed by atoms with Crippen molar-refractivity contribution < 1.29 is 23.5 Å². The number of carbonyl (C=O) groups excluding carboxylic acids is 2. The van der Waals surface area contributed by atoms with E-state index in [0.29, 0.717) is 28.4 Å². The van der Waals surface area contributed by atoms with Gasteiger partial charge in [-0.05, 0) is 72.3 Å². The molecule has 2 N–H and O–H groups in total. The van der Waals surface area contributed by atoms with Gasteiger partial charge < -0.3 is 20.1 Å². The number of nitrogens with one attached hydrogen (secondary N) is 2. The van der Waals surface area contributed by atoms with Crippen molar-refractivity contribution in [3.8, 4) is 17.6 Å². The van der Waals surface area contributed by atoms with E-state index in [1.807, 2.05) is 6.07 Å². The van der Waals surface area contributed by atoms with Gasteiger partial charge in [-0.15, -0.1) is 0 Å².